The summed E-state index contributed by atoms with van der Waals surface area (Å²) in [6, 6.07) is 33.5. The maximum atomic E-state index is 11.3. The second kappa shape index (κ2) is 9.05. The monoisotopic (exact) mass is 482 g/mol. The third kappa shape index (κ3) is 3.94. The summed E-state index contributed by atoms with van der Waals surface area (Å²) in [5.41, 5.74) is 9.10. The summed E-state index contributed by atoms with van der Waals surface area (Å²) in [6.45, 7) is 8.53. The van der Waals surface area contributed by atoms with Crippen LogP contribution in [0.2, 0.25) is 0 Å². The number of esters is 1. The van der Waals surface area contributed by atoms with E-state index in [1.165, 1.54) is 66.6 Å². The number of ether oxygens (including phenoxy) is 1. The fraction of sp³-hybridized carbons (Fsp3) is 0.171. The van der Waals surface area contributed by atoms with E-state index in [0.29, 0.717) is 6.61 Å². The number of hydrogen-bond acceptors (Lipinski definition) is 2. The molecule has 0 amide bonds. The van der Waals surface area contributed by atoms with Crippen molar-refractivity contribution in [1.82, 2.24) is 0 Å². The molecule has 0 fully saturated rings. The second-order valence-electron chi connectivity index (χ2n) is 10.4. The average Bonchev–Trinajstić information content (AvgIpc) is 3.15. The first-order valence-electron chi connectivity index (χ1n) is 13.0. The molecule has 0 unspecified atom stereocenters. The van der Waals surface area contributed by atoms with Gasteiger partial charge in [0.15, 0.2) is 0 Å². The molecule has 5 aromatic carbocycles. The molecular formula is C35H30O2. The van der Waals surface area contributed by atoms with Gasteiger partial charge >= 0.3 is 5.97 Å². The summed E-state index contributed by atoms with van der Waals surface area (Å²) >= 11 is 0. The van der Waals surface area contributed by atoms with Gasteiger partial charge in [0.1, 0.15) is 0 Å². The van der Waals surface area contributed by atoms with Gasteiger partial charge < -0.3 is 4.74 Å². The predicted molar refractivity (Wildman–Crippen MR) is 154 cm³/mol. The molecule has 6 rings (SSSR count). The Morgan fingerprint density at radius 1 is 0.811 bits per heavy atom. The van der Waals surface area contributed by atoms with Crippen LogP contribution < -0.4 is 0 Å². The molecule has 182 valence electrons. The Kier molecular flexibility index (Phi) is 5.68. The van der Waals surface area contributed by atoms with Gasteiger partial charge in [-0.15, -0.1) is 0 Å². The molecule has 0 atom stereocenters. The molecule has 5 aromatic rings. The third-order valence-electron chi connectivity index (χ3n) is 7.82. The molecule has 0 aromatic heterocycles. The molecule has 0 saturated heterocycles. The number of hydrogen-bond donors (Lipinski definition) is 0. The van der Waals surface area contributed by atoms with Gasteiger partial charge in [0.2, 0.25) is 0 Å². The van der Waals surface area contributed by atoms with E-state index >= 15 is 0 Å². The fourth-order valence-corrected chi connectivity index (χ4v) is 5.93. The largest absolute Gasteiger partial charge is 0.463 e. The molecule has 2 heteroatoms. The topological polar surface area (TPSA) is 26.3 Å². The van der Waals surface area contributed by atoms with E-state index in [2.05, 4.69) is 111 Å². The van der Waals surface area contributed by atoms with Crippen molar-refractivity contribution in [1.29, 1.82) is 0 Å². The van der Waals surface area contributed by atoms with E-state index < -0.39 is 0 Å². The van der Waals surface area contributed by atoms with Crippen LogP contribution in [0.4, 0.5) is 0 Å². The van der Waals surface area contributed by atoms with Crippen LogP contribution in [0.3, 0.4) is 0 Å². The van der Waals surface area contributed by atoms with Crippen molar-refractivity contribution in [2.75, 3.05) is 6.61 Å². The van der Waals surface area contributed by atoms with Gasteiger partial charge in [-0.2, -0.15) is 0 Å². The van der Waals surface area contributed by atoms with Crippen LogP contribution in [0.25, 0.3) is 43.8 Å². The van der Waals surface area contributed by atoms with Crippen LogP contribution in [0.15, 0.2) is 104 Å². The average molecular weight is 483 g/mol. The van der Waals surface area contributed by atoms with E-state index in [1.807, 2.05) is 0 Å². The SMILES string of the molecule is C=CC(=O)OCCCc1ccc2c(c1)C(C)(C)c1cc(-c3c4ccccc4cc4ccccc34)ccc1-2. The van der Waals surface area contributed by atoms with Crippen molar-refractivity contribution in [3.05, 3.63) is 120 Å². The second-order valence-corrected chi connectivity index (χ2v) is 10.4. The van der Waals surface area contributed by atoms with E-state index in [0.717, 1.165) is 12.8 Å². The molecule has 0 heterocycles. The number of benzene rings is 5. The third-order valence-corrected chi connectivity index (χ3v) is 7.82. The molecule has 37 heavy (non-hydrogen) atoms. The highest BCUT2D eigenvalue weighted by molar-refractivity contribution is 6.12. The Morgan fingerprint density at radius 2 is 1.43 bits per heavy atom. The molecule has 0 N–H and O–H groups in total. The zero-order valence-corrected chi connectivity index (χ0v) is 21.4. The Bertz CT molecular complexity index is 1640. The lowest BCUT2D eigenvalue weighted by Gasteiger charge is -2.23. The minimum Gasteiger partial charge on any atom is -0.463 e. The van der Waals surface area contributed by atoms with Gasteiger partial charge in [-0.3, -0.25) is 0 Å². The van der Waals surface area contributed by atoms with Crippen LogP contribution in [0.5, 0.6) is 0 Å². The molecule has 2 nitrogen and oxygen atoms in total. The Balaban J connectivity index is 1.40. The number of aryl methyl sites for hydroxylation is 1. The van der Waals surface area contributed by atoms with Crippen LogP contribution >= 0.6 is 0 Å². The van der Waals surface area contributed by atoms with E-state index in [1.54, 1.807) is 0 Å². The smallest absolute Gasteiger partial charge is 0.330 e. The lowest BCUT2D eigenvalue weighted by molar-refractivity contribution is -0.137. The van der Waals surface area contributed by atoms with Gasteiger partial charge in [-0.05, 0) is 85.5 Å². The van der Waals surface area contributed by atoms with E-state index in [9.17, 15) is 4.79 Å². The van der Waals surface area contributed by atoms with Crippen molar-refractivity contribution in [3.63, 3.8) is 0 Å². The lowest BCUT2D eigenvalue weighted by atomic mass is 9.80. The van der Waals surface area contributed by atoms with E-state index in [4.69, 9.17) is 4.74 Å². The number of carbonyl (C=O) groups excluding carboxylic acids is 1. The summed E-state index contributed by atoms with van der Waals surface area (Å²) in [6.07, 6.45) is 2.88. The van der Waals surface area contributed by atoms with Crippen LogP contribution in [0.1, 0.15) is 37.0 Å². The molecule has 0 radical (unpaired) electrons. The summed E-state index contributed by atoms with van der Waals surface area (Å²) < 4.78 is 5.16. The minimum atomic E-state index is -0.361. The van der Waals surface area contributed by atoms with E-state index in [-0.39, 0.29) is 11.4 Å². The first-order valence-corrected chi connectivity index (χ1v) is 13.0. The molecule has 0 aliphatic heterocycles. The molecule has 0 bridgehead atoms. The Labute approximate surface area is 218 Å². The highest BCUT2D eigenvalue weighted by Gasteiger charge is 2.35. The first kappa shape index (κ1) is 23.2. The van der Waals surface area contributed by atoms with Crippen molar-refractivity contribution in [2.24, 2.45) is 0 Å². The first-order chi connectivity index (χ1) is 18.0. The Morgan fingerprint density at radius 3 is 2.11 bits per heavy atom. The lowest BCUT2D eigenvalue weighted by Crippen LogP contribution is -2.15. The summed E-state index contributed by atoms with van der Waals surface area (Å²) in [5, 5.41) is 5.10. The normalized spacial score (nSPS) is 13.4. The van der Waals surface area contributed by atoms with Gasteiger partial charge in [-0.1, -0.05) is 99.3 Å². The highest BCUT2D eigenvalue weighted by Crippen LogP contribution is 2.50. The zero-order chi connectivity index (χ0) is 25.6. The highest BCUT2D eigenvalue weighted by atomic mass is 16.5. The minimum absolute atomic E-state index is 0.105. The molecule has 0 spiro atoms. The van der Waals surface area contributed by atoms with Crippen molar-refractivity contribution in [3.8, 4) is 22.3 Å². The van der Waals surface area contributed by atoms with Crippen molar-refractivity contribution >= 4 is 27.5 Å². The summed E-state index contributed by atoms with van der Waals surface area (Å²) in [5.74, 6) is -0.361. The van der Waals surface area contributed by atoms with Gasteiger partial charge in [-0.25, -0.2) is 4.79 Å². The fourth-order valence-electron chi connectivity index (χ4n) is 5.93. The zero-order valence-electron chi connectivity index (χ0n) is 21.4. The molecule has 1 aliphatic rings. The molecule has 1 aliphatic carbocycles. The van der Waals surface area contributed by atoms with Gasteiger partial charge in [0, 0.05) is 11.5 Å². The molecule has 0 saturated carbocycles. The van der Waals surface area contributed by atoms with Crippen LogP contribution in [-0.4, -0.2) is 12.6 Å². The van der Waals surface area contributed by atoms with Crippen LogP contribution in [0, 0.1) is 0 Å². The predicted octanol–water partition coefficient (Wildman–Crippen LogP) is 8.63. The number of rotatable bonds is 6. The van der Waals surface area contributed by atoms with Gasteiger partial charge in [0.25, 0.3) is 0 Å². The summed E-state index contributed by atoms with van der Waals surface area (Å²) in [4.78, 5) is 11.3. The Hall–Kier alpha value is -4.17. The molecular weight excluding hydrogens is 452 g/mol. The number of fused-ring (bicyclic) bond motifs is 5. The van der Waals surface area contributed by atoms with Crippen molar-refractivity contribution in [2.45, 2.75) is 32.1 Å². The van der Waals surface area contributed by atoms with Crippen LogP contribution in [-0.2, 0) is 21.4 Å². The van der Waals surface area contributed by atoms with Gasteiger partial charge in [0.05, 0.1) is 6.61 Å². The maximum Gasteiger partial charge on any atom is 0.330 e. The summed E-state index contributed by atoms with van der Waals surface area (Å²) in [7, 11) is 0. The maximum absolute atomic E-state index is 11.3. The van der Waals surface area contributed by atoms with Crippen molar-refractivity contribution < 1.29 is 9.53 Å². The quantitative estimate of drug-likeness (QED) is 0.105. The number of carbonyl (C=O) groups is 1. The standard InChI is InChI=1S/C35H30O2/c1-4-33(36)37-19-9-10-23-15-17-29-30-18-16-26(22-32(30)35(2,3)31(29)20-23)34-27-13-7-5-11-24(27)21-25-12-6-8-14-28(25)34/h4-8,11-18,20-22H,1,9-10,19H2,2-3H3.